The number of carbonyl (C=O) groups is 2. The molecular formula is C8H17N3O3. The maximum absolute atomic E-state index is 11.2. The number of nitrogens with one attached hydrogen (secondary N) is 1. The van der Waals surface area contributed by atoms with Gasteiger partial charge in [-0.05, 0) is 5.92 Å². The molecule has 0 heterocycles. The molecule has 0 saturated heterocycles. The molecule has 2 atom stereocenters. The smallest absolute Gasteiger partial charge is 0.260 e. The molecule has 5 N–H and O–H groups in total. The molecule has 14 heavy (non-hydrogen) atoms. The van der Waals surface area contributed by atoms with Crippen molar-refractivity contribution in [2.75, 3.05) is 6.61 Å². The summed E-state index contributed by atoms with van der Waals surface area (Å²) < 4.78 is 0. The third-order valence-corrected chi connectivity index (χ3v) is 1.95. The number of hydrogen-bond donors (Lipinski definition) is 3. The van der Waals surface area contributed by atoms with Gasteiger partial charge in [0.25, 0.3) is 5.91 Å². The monoisotopic (exact) mass is 203 g/mol. The zero-order valence-corrected chi connectivity index (χ0v) is 8.45. The van der Waals surface area contributed by atoms with Crippen molar-refractivity contribution < 1.29 is 14.4 Å². The summed E-state index contributed by atoms with van der Waals surface area (Å²) in [6.07, 6.45) is 0.796. The maximum atomic E-state index is 11.2. The normalized spacial score (nSPS) is 14.5. The molecule has 82 valence electrons. The van der Waals surface area contributed by atoms with Crippen LogP contribution in [0.15, 0.2) is 0 Å². The van der Waals surface area contributed by atoms with E-state index in [2.05, 4.69) is 10.3 Å². The van der Waals surface area contributed by atoms with Gasteiger partial charge >= 0.3 is 0 Å². The van der Waals surface area contributed by atoms with E-state index in [0.29, 0.717) is 0 Å². The van der Waals surface area contributed by atoms with Gasteiger partial charge in [-0.25, -0.2) is 5.48 Å². The zero-order valence-electron chi connectivity index (χ0n) is 8.45. The average molecular weight is 203 g/mol. The fraction of sp³-hybridized carbons (Fsp3) is 0.750. The lowest BCUT2D eigenvalue weighted by atomic mass is 10.00. The topological polar surface area (TPSA) is 107 Å². The van der Waals surface area contributed by atoms with Crippen molar-refractivity contribution in [2.45, 2.75) is 26.3 Å². The van der Waals surface area contributed by atoms with E-state index in [9.17, 15) is 9.59 Å². The van der Waals surface area contributed by atoms with Crippen LogP contribution >= 0.6 is 0 Å². The number of rotatable bonds is 6. The van der Waals surface area contributed by atoms with Gasteiger partial charge in [-0.3, -0.25) is 14.4 Å². The summed E-state index contributed by atoms with van der Waals surface area (Å²) in [5, 5.41) is 0. The van der Waals surface area contributed by atoms with Crippen LogP contribution < -0.4 is 16.9 Å². The van der Waals surface area contributed by atoms with E-state index in [1.54, 1.807) is 0 Å². The molecule has 0 rings (SSSR count). The Labute approximate surface area is 82.9 Å². The number of carbonyl (C=O) groups excluding carboxylic acids is 2. The van der Waals surface area contributed by atoms with Crippen LogP contribution in [0.1, 0.15) is 20.3 Å². The van der Waals surface area contributed by atoms with E-state index in [1.807, 2.05) is 13.8 Å². The van der Waals surface area contributed by atoms with Crippen LogP contribution in [0.4, 0.5) is 0 Å². The van der Waals surface area contributed by atoms with Gasteiger partial charge in [0.15, 0.2) is 6.61 Å². The van der Waals surface area contributed by atoms with E-state index in [1.165, 1.54) is 0 Å². The van der Waals surface area contributed by atoms with E-state index < -0.39 is 17.9 Å². The summed E-state index contributed by atoms with van der Waals surface area (Å²) in [5.74, 6) is -1.03. The number of hydrogen-bond acceptors (Lipinski definition) is 4. The highest BCUT2D eigenvalue weighted by Crippen LogP contribution is 2.04. The van der Waals surface area contributed by atoms with E-state index in [4.69, 9.17) is 11.5 Å². The summed E-state index contributed by atoms with van der Waals surface area (Å²) in [5.41, 5.74) is 12.4. The van der Waals surface area contributed by atoms with Crippen LogP contribution in [-0.2, 0) is 14.4 Å². The number of primary amides is 1. The van der Waals surface area contributed by atoms with Crippen molar-refractivity contribution in [3.8, 4) is 0 Å². The highest BCUT2D eigenvalue weighted by molar-refractivity contribution is 5.81. The highest BCUT2D eigenvalue weighted by atomic mass is 16.7. The fourth-order valence-electron chi connectivity index (χ4n) is 0.759. The minimum Gasteiger partial charge on any atom is -0.368 e. The van der Waals surface area contributed by atoms with Gasteiger partial charge in [0, 0.05) is 0 Å². The van der Waals surface area contributed by atoms with Crippen LogP contribution in [0.25, 0.3) is 0 Å². The summed E-state index contributed by atoms with van der Waals surface area (Å²) in [6, 6.07) is -0.632. The first-order valence-electron chi connectivity index (χ1n) is 4.44. The molecule has 0 aliphatic carbocycles. The van der Waals surface area contributed by atoms with Gasteiger partial charge in [-0.15, -0.1) is 0 Å². The Hall–Kier alpha value is -1.14. The van der Waals surface area contributed by atoms with Crippen molar-refractivity contribution in [3.63, 3.8) is 0 Å². The molecule has 6 nitrogen and oxygen atoms in total. The molecule has 0 fully saturated rings. The van der Waals surface area contributed by atoms with Crippen molar-refractivity contribution in [1.29, 1.82) is 0 Å². The standard InChI is InChI=1S/C8H17N3O3/c1-3-5(2)7(10)8(13)11-14-4-6(9)12/h5,7H,3-4,10H2,1-2H3,(H2,9,12)(H,11,13)/t5?,7-/m0/s1. The number of hydroxylamine groups is 1. The Morgan fingerprint density at radius 1 is 1.50 bits per heavy atom. The van der Waals surface area contributed by atoms with Gasteiger partial charge in [-0.1, -0.05) is 20.3 Å². The fourth-order valence-corrected chi connectivity index (χ4v) is 0.759. The molecule has 0 aliphatic heterocycles. The average Bonchev–Trinajstić information content (AvgIpc) is 2.14. The van der Waals surface area contributed by atoms with Crippen molar-refractivity contribution in [3.05, 3.63) is 0 Å². The third-order valence-electron chi connectivity index (χ3n) is 1.95. The first-order valence-corrected chi connectivity index (χ1v) is 4.44. The Kier molecular flexibility index (Phi) is 5.82. The second-order valence-electron chi connectivity index (χ2n) is 3.13. The minimum absolute atomic E-state index is 0.0622. The second-order valence-corrected chi connectivity index (χ2v) is 3.13. The van der Waals surface area contributed by atoms with E-state index in [-0.39, 0.29) is 12.5 Å². The Morgan fingerprint density at radius 3 is 2.50 bits per heavy atom. The van der Waals surface area contributed by atoms with Gasteiger partial charge in [0.2, 0.25) is 5.91 Å². The Balaban J connectivity index is 3.78. The quantitative estimate of drug-likeness (QED) is 0.476. The lowest BCUT2D eigenvalue weighted by Crippen LogP contribution is -2.45. The maximum Gasteiger partial charge on any atom is 0.260 e. The first-order chi connectivity index (χ1) is 6.49. The molecule has 0 aromatic heterocycles. The van der Waals surface area contributed by atoms with Crippen LogP contribution in [0.3, 0.4) is 0 Å². The molecule has 0 saturated carbocycles. The minimum atomic E-state index is -0.651. The Bertz CT molecular complexity index is 208. The summed E-state index contributed by atoms with van der Waals surface area (Å²) in [7, 11) is 0. The SMILES string of the molecule is CCC(C)[C@H](N)C(=O)NOCC(N)=O. The molecule has 0 radical (unpaired) electrons. The summed E-state index contributed by atoms with van der Waals surface area (Å²) in [4.78, 5) is 26.0. The van der Waals surface area contributed by atoms with Gasteiger partial charge in [0.05, 0.1) is 6.04 Å². The summed E-state index contributed by atoms with van der Waals surface area (Å²) >= 11 is 0. The van der Waals surface area contributed by atoms with Crippen molar-refractivity contribution >= 4 is 11.8 Å². The Morgan fingerprint density at radius 2 is 2.07 bits per heavy atom. The number of amides is 2. The number of nitrogens with two attached hydrogens (primary N) is 2. The predicted octanol–water partition coefficient (Wildman–Crippen LogP) is -1.11. The van der Waals surface area contributed by atoms with Gasteiger partial charge in [0.1, 0.15) is 0 Å². The molecule has 6 heteroatoms. The van der Waals surface area contributed by atoms with Crippen molar-refractivity contribution in [2.24, 2.45) is 17.4 Å². The molecule has 0 bridgehead atoms. The lowest BCUT2D eigenvalue weighted by Gasteiger charge is -2.16. The largest absolute Gasteiger partial charge is 0.368 e. The van der Waals surface area contributed by atoms with Crippen LogP contribution in [0.5, 0.6) is 0 Å². The van der Waals surface area contributed by atoms with E-state index in [0.717, 1.165) is 6.42 Å². The molecule has 2 amide bonds. The lowest BCUT2D eigenvalue weighted by molar-refractivity contribution is -0.139. The van der Waals surface area contributed by atoms with Gasteiger partial charge < -0.3 is 11.5 Å². The van der Waals surface area contributed by atoms with Gasteiger partial charge in [-0.2, -0.15) is 0 Å². The molecule has 0 aromatic carbocycles. The van der Waals surface area contributed by atoms with Crippen LogP contribution in [0, 0.1) is 5.92 Å². The predicted molar refractivity (Wildman–Crippen MR) is 50.7 cm³/mol. The molecule has 0 spiro atoms. The van der Waals surface area contributed by atoms with Crippen molar-refractivity contribution in [1.82, 2.24) is 5.48 Å². The van der Waals surface area contributed by atoms with Crippen LogP contribution in [-0.4, -0.2) is 24.5 Å². The van der Waals surface area contributed by atoms with Crippen LogP contribution in [0.2, 0.25) is 0 Å². The first kappa shape index (κ1) is 12.9. The van der Waals surface area contributed by atoms with E-state index >= 15 is 0 Å². The zero-order chi connectivity index (χ0) is 11.1. The summed E-state index contributed by atoms with van der Waals surface area (Å²) in [6.45, 7) is 3.44. The molecule has 1 unspecified atom stereocenters. The third kappa shape index (κ3) is 4.78. The molecular weight excluding hydrogens is 186 g/mol. The highest BCUT2D eigenvalue weighted by Gasteiger charge is 2.19. The second kappa shape index (κ2) is 6.33. The molecule has 0 aliphatic rings. The molecule has 0 aromatic rings.